The van der Waals surface area contributed by atoms with E-state index in [-0.39, 0.29) is 23.8 Å². The largest absolute Gasteiger partial charge is 0.337 e. The normalized spacial score (nSPS) is 20.8. The molecule has 1 saturated heterocycles. The zero-order valence-corrected chi connectivity index (χ0v) is 10.6. The van der Waals surface area contributed by atoms with Crippen LogP contribution in [0.2, 0.25) is 0 Å². The zero-order valence-electron chi connectivity index (χ0n) is 9.82. The third kappa shape index (κ3) is 2.17. The van der Waals surface area contributed by atoms with Crippen molar-refractivity contribution in [3.63, 3.8) is 0 Å². The molecule has 0 bridgehead atoms. The summed E-state index contributed by atoms with van der Waals surface area (Å²) in [4.78, 5) is 25.9. The highest BCUT2D eigenvalue weighted by molar-refractivity contribution is 7.71. The number of carbonyl (C=O) groups is 2. The van der Waals surface area contributed by atoms with Gasteiger partial charge in [-0.1, -0.05) is 13.8 Å². The molecule has 92 valence electrons. The number of hydrogen-bond donors (Lipinski definition) is 2. The summed E-state index contributed by atoms with van der Waals surface area (Å²) in [5.41, 5.74) is 0.990. The molecule has 2 rings (SSSR count). The summed E-state index contributed by atoms with van der Waals surface area (Å²) in [6, 6.07) is -0.371. The topological polar surface area (TPSA) is 66.9 Å². The highest BCUT2D eigenvalue weighted by Gasteiger charge is 2.30. The molecule has 17 heavy (non-hydrogen) atoms. The predicted molar refractivity (Wildman–Crippen MR) is 65.1 cm³/mol. The lowest BCUT2D eigenvalue weighted by Crippen LogP contribution is -2.42. The number of H-pyrrole nitrogens is 1. The van der Waals surface area contributed by atoms with E-state index in [1.54, 1.807) is 0 Å². The SMILES string of the molecule is CC(C)c1c[nH]c(=S)n1C1CCC(=O)NC1=O. The predicted octanol–water partition coefficient (Wildman–Crippen LogP) is 1.65. The van der Waals surface area contributed by atoms with E-state index in [0.29, 0.717) is 17.6 Å². The van der Waals surface area contributed by atoms with Gasteiger partial charge in [0.05, 0.1) is 0 Å². The number of aromatic amines is 1. The minimum Gasteiger partial charge on any atom is -0.337 e. The Bertz CT molecular complexity index is 515. The van der Waals surface area contributed by atoms with Crippen molar-refractivity contribution in [2.24, 2.45) is 0 Å². The first kappa shape index (κ1) is 12.0. The molecule has 1 aromatic heterocycles. The third-order valence-electron chi connectivity index (χ3n) is 2.95. The molecule has 1 atom stereocenters. The smallest absolute Gasteiger partial charge is 0.249 e. The van der Waals surface area contributed by atoms with Gasteiger partial charge in [-0.25, -0.2) is 0 Å². The van der Waals surface area contributed by atoms with Crippen LogP contribution in [-0.4, -0.2) is 21.4 Å². The summed E-state index contributed by atoms with van der Waals surface area (Å²) in [5.74, 6) is -0.202. The minimum absolute atomic E-state index is 0.209. The van der Waals surface area contributed by atoms with Gasteiger partial charge in [-0.05, 0) is 24.6 Å². The molecule has 6 heteroatoms. The van der Waals surface area contributed by atoms with Crippen LogP contribution >= 0.6 is 12.2 Å². The van der Waals surface area contributed by atoms with E-state index in [1.807, 2.05) is 24.6 Å². The van der Waals surface area contributed by atoms with Crippen LogP contribution < -0.4 is 5.32 Å². The van der Waals surface area contributed by atoms with Gasteiger partial charge in [0.1, 0.15) is 6.04 Å². The quantitative estimate of drug-likeness (QED) is 0.622. The van der Waals surface area contributed by atoms with Crippen molar-refractivity contribution in [2.75, 3.05) is 0 Å². The van der Waals surface area contributed by atoms with Gasteiger partial charge < -0.3 is 9.55 Å². The lowest BCUT2D eigenvalue weighted by Gasteiger charge is -2.24. The molecule has 0 aromatic carbocycles. The van der Waals surface area contributed by atoms with Gasteiger partial charge in [0, 0.05) is 18.3 Å². The maximum atomic E-state index is 11.8. The van der Waals surface area contributed by atoms with Crippen molar-refractivity contribution < 1.29 is 9.59 Å². The average Bonchev–Trinajstić information content (AvgIpc) is 2.60. The van der Waals surface area contributed by atoms with Gasteiger partial charge in [0.2, 0.25) is 11.8 Å². The number of hydrogen-bond acceptors (Lipinski definition) is 3. The van der Waals surface area contributed by atoms with Crippen LogP contribution in [-0.2, 0) is 9.59 Å². The van der Waals surface area contributed by atoms with Crippen molar-refractivity contribution in [2.45, 2.75) is 38.6 Å². The van der Waals surface area contributed by atoms with Crippen LogP contribution in [0.3, 0.4) is 0 Å². The standard InChI is InChI=1S/C11H15N3O2S/c1-6(2)8-5-12-11(17)14(8)7-3-4-9(15)13-10(7)16/h5-7H,3-4H2,1-2H3,(H,12,17)(H,13,15,16). The Morgan fingerprint density at radius 1 is 1.47 bits per heavy atom. The van der Waals surface area contributed by atoms with Gasteiger partial charge >= 0.3 is 0 Å². The van der Waals surface area contributed by atoms with Gasteiger partial charge in [-0.15, -0.1) is 0 Å². The Balaban J connectivity index is 2.40. The van der Waals surface area contributed by atoms with Crippen molar-refractivity contribution in [3.05, 3.63) is 16.7 Å². The lowest BCUT2D eigenvalue weighted by atomic mass is 10.0. The van der Waals surface area contributed by atoms with Gasteiger partial charge in [0.15, 0.2) is 4.77 Å². The number of nitrogens with zero attached hydrogens (tertiary/aromatic N) is 1. The molecule has 1 aromatic rings. The number of imidazole rings is 1. The number of aromatic nitrogens is 2. The Labute approximate surface area is 104 Å². The first-order valence-corrected chi connectivity index (χ1v) is 6.05. The molecule has 0 radical (unpaired) electrons. The first-order valence-electron chi connectivity index (χ1n) is 5.64. The molecule has 0 saturated carbocycles. The second kappa shape index (κ2) is 4.44. The summed E-state index contributed by atoms with van der Waals surface area (Å²) in [6.45, 7) is 4.08. The lowest BCUT2D eigenvalue weighted by molar-refractivity contribution is -0.135. The number of rotatable bonds is 2. The fourth-order valence-electron chi connectivity index (χ4n) is 2.09. The maximum absolute atomic E-state index is 11.8. The Morgan fingerprint density at radius 2 is 2.18 bits per heavy atom. The van der Waals surface area contributed by atoms with Crippen LogP contribution in [0.25, 0.3) is 0 Å². The molecule has 1 aliphatic heterocycles. The second-order valence-corrected chi connectivity index (χ2v) is 4.90. The van der Waals surface area contributed by atoms with E-state index in [1.165, 1.54) is 0 Å². The summed E-state index contributed by atoms with van der Waals surface area (Å²) >= 11 is 5.20. The van der Waals surface area contributed by atoms with Crippen molar-refractivity contribution in [3.8, 4) is 0 Å². The van der Waals surface area contributed by atoms with E-state index in [9.17, 15) is 9.59 Å². The highest BCUT2D eigenvalue weighted by atomic mass is 32.1. The number of carbonyl (C=O) groups excluding carboxylic acids is 2. The molecule has 5 nitrogen and oxygen atoms in total. The first-order chi connectivity index (χ1) is 8.00. The zero-order chi connectivity index (χ0) is 12.6. The van der Waals surface area contributed by atoms with E-state index >= 15 is 0 Å². The van der Waals surface area contributed by atoms with E-state index in [0.717, 1.165) is 5.69 Å². The van der Waals surface area contributed by atoms with E-state index in [2.05, 4.69) is 10.3 Å². The van der Waals surface area contributed by atoms with E-state index < -0.39 is 0 Å². The van der Waals surface area contributed by atoms with Crippen LogP contribution in [0, 0.1) is 4.77 Å². The summed E-state index contributed by atoms with van der Waals surface area (Å²) in [6.07, 6.45) is 2.70. The fraction of sp³-hybridized carbons (Fsp3) is 0.545. The van der Waals surface area contributed by atoms with Crippen molar-refractivity contribution in [1.82, 2.24) is 14.9 Å². The monoisotopic (exact) mass is 253 g/mol. The number of nitrogens with one attached hydrogen (secondary N) is 2. The fourth-order valence-corrected chi connectivity index (χ4v) is 2.38. The molecule has 1 aliphatic rings. The highest BCUT2D eigenvalue weighted by Crippen LogP contribution is 2.24. The van der Waals surface area contributed by atoms with Crippen LogP contribution in [0.1, 0.15) is 44.3 Å². The molecule has 1 unspecified atom stereocenters. The van der Waals surface area contributed by atoms with E-state index in [4.69, 9.17) is 12.2 Å². The summed E-state index contributed by atoms with van der Waals surface area (Å²) in [5, 5.41) is 2.35. The molecule has 2 heterocycles. The average molecular weight is 253 g/mol. The second-order valence-electron chi connectivity index (χ2n) is 4.51. The van der Waals surface area contributed by atoms with Gasteiger partial charge in [0.25, 0.3) is 0 Å². The summed E-state index contributed by atoms with van der Waals surface area (Å²) < 4.78 is 2.35. The minimum atomic E-state index is -0.371. The van der Waals surface area contributed by atoms with Gasteiger partial charge in [-0.3, -0.25) is 14.9 Å². The Kier molecular flexibility index (Phi) is 3.15. The molecule has 2 N–H and O–H groups in total. The van der Waals surface area contributed by atoms with Crippen LogP contribution in [0.15, 0.2) is 6.20 Å². The van der Waals surface area contributed by atoms with Crippen LogP contribution in [0.4, 0.5) is 0 Å². The molecule has 2 amide bonds. The third-order valence-corrected chi connectivity index (χ3v) is 3.27. The maximum Gasteiger partial charge on any atom is 0.249 e. The molecule has 0 spiro atoms. The number of imide groups is 1. The van der Waals surface area contributed by atoms with Crippen molar-refractivity contribution >= 4 is 24.0 Å². The molecular weight excluding hydrogens is 238 g/mol. The Morgan fingerprint density at radius 3 is 2.76 bits per heavy atom. The summed E-state index contributed by atoms with van der Waals surface area (Å²) in [7, 11) is 0. The Hall–Kier alpha value is -1.43. The molecular formula is C11H15N3O2S. The number of amides is 2. The number of piperidine rings is 1. The molecule has 1 fully saturated rings. The molecule has 0 aliphatic carbocycles. The van der Waals surface area contributed by atoms with Gasteiger partial charge in [-0.2, -0.15) is 0 Å². The van der Waals surface area contributed by atoms with Crippen molar-refractivity contribution in [1.29, 1.82) is 0 Å². The van der Waals surface area contributed by atoms with Crippen LogP contribution in [0.5, 0.6) is 0 Å².